The number of piperidine rings is 1. The number of fused-ring (bicyclic) bond motifs is 1. The number of anilines is 1. The van der Waals surface area contributed by atoms with Crippen LogP contribution in [0.2, 0.25) is 0 Å². The second-order valence-electron chi connectivity index (χ2n) is 4.45. The molecule has 100 valence electrons. The molecule has 1 saturated heterocycles. The molecule has 0 N–H and O–H groups in total. The van der Waals surface area contributed by atoms with E-state index >= 15 is 0 Å². The van der Waals surface area contributed by atoms with E-state index < -0.39 is 4.92 Å². The summed E-state index contributed by atoms with van der Waals surface area (Å²) in [6, 6.07) is 2.84. The van der Waals surface area contributed by atoms with Crippen molar-refractivity contribution in [3.8, 4) is 11.5 Å². The molecule has 0 radical (unpaired) electrons. The molecule has 0 aromatic heterocycles. The lowest BCUT2D eigenvalue weighted by Gasteiger charge is -2.26. The summed E-state index contributed by atoms with van der Waals surface area (Å²) in [5, 5.41) is 11.1. The van der Waals surface area contributed by atoms with Crippen molar-refractivity contribution >= 4 is 17.3 Å². The molecule has 7 heteroatoms. The second kappa shape index (κ2) is 4.42. The van der Waals surface area contributed by atoms with Gasteiger partial charge in [0.1, 0.15) is 5.69 Å². The summed E-state index contributed by atoms with van der Waals surface area (Å²) in [7, 11) is 0. The van der Waals surface area contributed by atoms with Gasteiger partial charge in [-0.05, 0) is 12.8 Å². The van der Waals surface area contributed by atoms with Gasteiger partial charge >= 0.3 is 0 Å². The number of nitro benzene ring substituents is 1. The van der Waals surface area contributed by atoms with E-state index in [2.05, 4.69) is 0 Å². The predicted octanol–water partition coefficient (Wildman–Crippen LogP) is 1.84. The number of hydrogen-bond donors (Lipinski definition) is 0. The lowest BCUT2D eigenvalue weighted by Crippen LogP contribution is -2.35. The SMILES string of the molecule is O=C1CCCCN1c1cc2c(cc1[N+](=O)[O-])OCO2. The summed E-state index contributed by atoms with van der Waals surface area (Å²) in [4.78, 5) is 24.0. The van der Waals surface area contributed by atoms with Crippen LogP contribution in [0.3, 0.4) is 0 Å². The topological polar surface area (TPSA) is 81.9 Å². The summed E-state index contributed by atoms with van der Waals surface area (Å²) < 4.78 is 10.3. The Kier molecular flexibility index (Phi) is 2.73. The molecular weight excluding hydrogens is 252 g/mol. The number of hydrogen-bond acceptors (Lipinski definition) is 5. The first-order valence-electron chi connectivity index (χ1n) is 6.05. The Morgan fingerprint density at radius 2 is 1.95 bits per heavy atom. The minimum Gasteiger partial charge on any atom is -0.454 e. The van der Waals surface area contributed by atoms with Crippen LogP contribution in [0.25, 0.3) is 0 Å². The van der Waals surface area contributed by atoms with Crippen LogP contribution in [-0.4, -0.2) is 24.2 Å². The molecule has 2 heterocycles. The van der Waals surface area contributed by atoms with Crippen molar-refractivity contribution in [3.63, 3.8) is 0 Å². The molecule has 0 spiro atoms. The fraction of sp³-hybridized carbons (Fsp3) is 0.417. The van der Waals surface area contributed by atoms with E-state index in [4.69, 9.17) is 9.47 Å². The van der Waals surface area contributed by atoms with Crippen LogP contribution >= 0.6 is 0 Å². The van der Waals surface area contributed by atoms with Crippen LogP contribution in [0, 0.1) is 10.1 Å². The molecule has 7 nitrogen and oxygen atoms in total. The van der Waals surface area contributed by atoms with E-state index in [0.29, 0.717) is 30.2 Å². The van der Waals surface area contributed by atoms with Gasteiger partial charge in [-0.1, -0.05) is 0 Å². The van der Waals surface area contributed by atoms with Gasteiger partial charge in [0.25, 0.3) is 5.69 Å². The summed E-state index contributed by atoms with van der Waals surface area (Å²) in [5.74, 6) is 0.701. The fourth-order valence-corrected chi connectivity index (χ4v) is 2.34. The zero-order valence-electron chi connectivity index (χ0n) is 10.1. The predicted molar refractivity (Wildman–Crippen MR) is 65.4 cm³/mol. The molecule has 3 rings (SSSR count). The summed E-state index contributed by atoms with van der Waals surface area (Å²) in [5.41, 5.74) is 0.165. The lowest BCUT2D eigenvalue weighted by molar-refractivity contribution is -0.384. The normalized spacial score (nSPS) is 17.7. The maximum absolute atomic E-state index is 11.9. The molecule has 1 aromatic rings. The smallest absolute Gasteiger partial charge is 0.296 e. The van der Waals surface area contributed by atoms with Gasteiger partial charge in [0.05, 0.1) is 11.0 Å². The highest BCUT2D eigenvalue weighted by atomic mass is 16.7. The minimum atomic E-state index is -0.501. The van der Waals surface area contributed by atoms with Crippen molar-refractivity contribution in [2.75, 3.05) is 18.2 Å². The molecule has 1 aromatic carbocycles. The highest BCUT2D eigenvalue weighted by molar-refractivity contribution is 5.96. The molecular formula is C12H12N2O5. The molecule has 0 bridgehead atoms. The highest BCUT2D eigenvalue weighted by Gasteiger charge is 2.30. The van der Waals surface area contributed by atoms with Crippen LogP contribution in [0.4, 0.5) is 11.4 Å². The Morgan fingerprint density at radius 1 is 1.21 bits per heavy atom. The van der Waals surface area contributed by atoms with Crippen molar-refractivity contribution < 1.29 is 19.2 Å². The summed E-state index contributed by atoms with van der Waals surface area (Å²) >= 11 is 0. The molecule has 0 aliphatic carbocycles. The number of amides is 1. The second-order valence-corrected chi connectivity index (χ2v) is 4.45. The molecule has 2 aliphatic rings. The monoisotopic (exact) mass is 264 g/mol. The molecule has 0 atom stereocenters. The van der Waals surface area contributed by atoms with Gasteiger partial charge in [-0.15, -0.1) is 0 Å². The molecule has 0 saturated carbocycles. The Bertz CT molecular complexity index is 557. The van der Waals surface area contributed by atoms with E-state index in [1.807, 2.05) is 0 Å². The Morgan fingerprint density at radius 3 is 2.63 bits per heavy atom. The number of carbonyl (C=O) groups is 1. The minimum absolute atomic E-state index is 0.0455. The maximum atomic E-state index is 11.9. The van der Waals surface area contributed by atoms with Gasteiger partial charge in [0, 0.05) is 19.0 Å². The van der Waals surface area contributed by atoms with Gasteiger partial charge < -0.3 is 14.4 Å². The van der Waals surface area contributed by atoms with Crippen molar-refractivity contribution in [2.45, 2.75) is 19.3 Å². The van der Waals surface area contributed by atoms with Crippen LogP contribution in [0.5, 0.6) is 11.5 Å². The Hall–Kier alpha value is -2.31. The number of carbonyl (C=O) groups excluding carboxylic acids is 1. The first-order valence-corrected chi connectivity index (χ1v) is 6.05. The zero-order chi connectivity index (χ0) is 13.4. The van der Waals surface area contributed by atoms with E-state index in [9.17, 15) is 14.9 Å². The molecule has 1 fully saturated rings. The van der Waals surface area contributed by atoms with Gasteiger partial charge in [0.15, 0.2) is 11.5 Å². The van der Waals surface area contributed by atoms with Gasteiger partial charge in [-0.3, -0.25) is 14.9 Å². The quantitative estimate of drug-likeness (QED) is 0.601. The van der Waals surface area contributed by atoms with Crippen molar-refractivity contribution in [1.29, 1.82) is 0 Å². The average Bonchev–Trinajstić information content (AvgIpc) is 2.85. The van der Waals surface area contributed by atoms with Gasteiger partial charge in [-0.2, -0.15) is 0 Å². The van der Waals surface area contributed by atoms with Crippen LogP contribution < -0.4 is 14.4 Å². The lowest BCUT2D eigenvalue weighted by atomic mass is 10.1. The average molecular weight is 264 g/mol. The van der Waals surface area contributed by atoms with E-state index in [1.54, 1.807) is 0 Å². The van der Waals surface area contributed by atoms with Gasteiger partial charge in [0.2, 0.25) is 12.7 Å². The Labute approximate surface area is 108 Å². The third-order valence-electron chi connectivity index (χ3n) is 3.28. The number of benzene rings is 1. The van der Waals surface area contributed by atoms with E-state index in [-0.39, 0.29) is 18.4 Å². The zero-order valence-corrected chi connectivity index (χ0v) is 10.1. The van der Waals surface area contributed by atoms with Crippen LogP contribution in [0.1, 0.15) is 19.3 Å². The largest absolute Gasteiger partial charge is 0.454 e. The molecule has 1 amide bonds. The number of nitro groups is 1. The fourth-order valence-electron chi connectivity index (χ4n) is 2.34. The van der Waals surface area contributed by atoms with Crippen molar-refractivity contribution in [3.05, 3.63) is 22.2 Å². The highest BCUT2D eigenvalue weighted by Crippen LogP contribution is 2.42. The Balaban J connectivity index is 2.08. The maximum Gasteiger partial charge on any atom is 0.296 e. The number of nitrogens with zero attached hydrogens (tertiary/aromatic N) is 2. The van der Waals surface area contributed by atoms with Crippen molar-refractivity contribution in [2.24, 2.45) is 0 Å². The van der Waals surface area contributed by atoms with Crippen LogP contribution in [-0.2, 0) is 4.79 Å². The van der Waals surface area contributed by atoms with Gasteiger partial charge in [-0.25, -0.2) is 0 Å². The summed E-state index contributed by atoms with van der Waals surface area (Å²) in [6.45, 7) is 0.545. The molecule has 2 aliphatic heterocycles. The molecule has 0 unspecified atom stereocenters. The van der Waals surface area contributed by atoms with Crippen LogP contribution in [0.15, 0.2) is 12.1 Å². The summed E-state index contributed by atoms with van der Waals surface area (Å²) in [6.07, 6.45) is 2.09. The standard InChI is InChI=1S/C12H12N2O5/c15-12-3-1-2-4-13(12)8-5-10-11(19-7-18-10)6-9(8)14(16)17/h5-6H,1-4,7H2. The first-order chi connectivity index (χ1) is 9.16. The third-order valence-corrected chi connectivity index (χ3v) is 3.28. The van der Waals surface area contributed by atoms with Crippen molar-refractivity contribution in [1.82, 2.24) is 0 Å². The molecule has 19 heavy (non-hydrogen) atoms. The third kappa shape index (κ3) is 1.96. The van der Waals surface area contributed by atoms with E-state index in [0.717, 1.165) is 12.8 Å². The number of ether oxygens (including phenoxy) is 2. The first kappa shape index (κ1) is 11.8. The number of rotatable bonds is 2. The van der Waals surface area contributed by atoms with E-state index in [1.165, 1.54) is 17.0 Å².